The lowest BCUT2D eigenvalue weighted by Crippen LogP contribution is -2.34. The largest absolute Gasteiger partial charge is 0.468 e. The van der Waals surface area contributed by atoms with Gasteiger partial charge in [0.15, 0.2) is 5.13 Å². The van der Waals surface area contributed by atoms with Crippen LogP contribution in [0.3, 0.4) is 0 Å². The molecule has 1 amide bonds. The summed E-state index contributed by atoms with van der Waals surface area (Å²) in [6.45, 7) is 1.67. The van der Waals surface area contributed by atoms with Gasteiger partial charge in [0.1, 0.15) is 0 Å². The van der Waals surface area contributed by atoms with Gasteiger partial charge in [-0.15, -0.1) is 0 Å². The molecule has 1 aliphatic rings. The number of nitrogens with one attached hydrogen (secondary N) is 1. The first-order valence-corrected chi connectivity index (χ1v) is 6.56. The molecule has 0 aromatic carbocycles. The molecule has 0 bridgehead atoms. The maximum absolute atomic E-state index is 11.2. The van der Waals surface area contributed by atoms with Crippen LogP contribution in [0.5, 0.6) is 0 Å². The van der Waals surface area contributed by atoms with Gasteiger partial charge in [0.25, 0.3) is 0 Å². The molecule has 104 valence electrons. The topological polar surface area (TPSA) is 80.8 Å². The van der Waals surface area contributed by atoms with E-state index in [4.69, 9.17) is 0 Å². The number of fused-ring (bicyclic) bond motifs is 1. The van der Waals surface area contributed by atoms with Crippen molar-refractivity contribution in [2.24, 2.45) is 0 Å². The van der Waals surface area contributed by atoms with Crippen LogP contribution in [0.1, 0.15) is 10.6 Å². The number of methoxy groups -OCH3 is 2. The fourth-order valence-corrected chi connectivity index (χ4v) is 2.86. The predicted molar refractivity (Wildman–Crippen MR) is 69.1 cm³/mol. The van der Waals surface area contributed by atoms with E-state index in [0.717, 1.165) is 23.5 Å². The molecule has 19 heavy (non-hydrogen) atoms. The predicted octanol–water partition coefficient (Wildman–Crippen LogP) is 0.852. The third kappa shape index (κ3) is 3.42. The molecule has 7 nitrogen and oxygen atoms in total. The number of hydrogen-bond acceptors (Lipinski definition) is 7. The molecule has 1 aromatic rings. The summed E-state index contributed by atoms with van der Waals surface area (Å²) in [6.07, 6.45) is 0.226. The van der Waals surface area contributed by atoms with Crippen molar-refractivity contribution >= 4 is 28.5 Å². The van der Waals surface area contributed by atoms with Crippen molar-refractivity contribution in [1.82, 2.24) is 9.88 Å². The number of amides is 1. The van der Waals surface area contributed by atoms with Gasteiger partial charge in [0.2, 0.25) is 0 Å². The summed E-state index contributed by atoms with van der Waals surface area (Å²) in [4.78, 5) is 29.7. The molecule has 0 fully saturated rings. The van der Waals surface area contributed by atoms with Crippen LogP contribution in [0.15, 0.2) is 0 Å². The molecule has 0 atom stereocenters. The van der Waals surface area contributed by atoms with Gasteiger partial charge in [0.05, 0.1) is 26.5 Å². The molecular formula is C11H15N3O4S. The van der Waals surface area contributed by atoms with Gasteiger partial charge in [-0.3, -0.25) is 15.0 Å². The molecule has 0 saturated carbocycles. The van der Waals surface area contributed by atoms with Crippen LogP contribution in [0.25, 0.3) is 0 Å². The van der Waals surface area contributed by atoms with Gasteiger partial charge in [-0.05, 0) is 0 Å². The lowest BCUT2D eigenvalue weighted by atomic mass is 10.2. The first kappa shape index (κ1) is 13.8. The number of esters is 1. The molecule has 0 spiro atoms. The van der Waals surface area contributed by atoms with E-state index in [9.17, 15) is 9.59 Å². The lowest BCUT2D eigenvalue weighted by Gasteiger charge is -2.24. The van der Waals surface area contributed by atoms with Crippen LogP contribution in [0.4, 0.5) is 9.93 Å². The van der Waals surface area contributed by atoms with Crippen LogP contribution in [-0.2, 0) is 27.2 Å². The van der Waals surface area contributed by atoms with E-state index in [-0.39, 0.29) is 12.5 Å². The number of anilines is 1. The van der Waals surface area contributed by atoms with E-state index >= 15 is 0 Å². The van der Waals surface area contributed by atoms with Gasteiger partial charge in [-0.1, -0.05) is 11.3 Å². The van der Waals surface area contributed by atoms with E-state index in [1.807, 2.05) is 4.90 Å². The molecule has 0 unspecified atom stereocenters. The number of carbonyl (C=O) groups is 2. The molecule has 2 rings (SSSR count). The van der Waals surface area contributed by atoms with Gasteiger partial charge < -0.3 is 9.47 Å². The molecule has 2 heterocycles. The van der Waals surface area contributed by atoms with Crippen LogP contribution < -0.4 is 5.32 Å². The number of ether oxygens (including phenoxy) is 2. The van der Waals surface area contributed by atoms with Gasteiger partial charge in [-0.25, -0.2) is 9.78 Å². The van der Waals surface area contributed by atoms with E-state index in [2.05, 4.69) is 19.8 Å². The monoisotopic (exact) mass is 285 g/mol. The van der Waals surface area contributed by atoms with Gasteiger partial charge >= 0.3 is 12.1 Å². The number of nitrogens with zero attached hydrogens (tertiary/aromatic N) is 2. The Kier molecular flexibility index (Phi) is 4.33. The quantitative estimate of drug-likeness (QED) is 0.829. The maximum atomic E-state index is 11.2. The van der Waals surface area contributed by atoms with Crippen LogP contribution >= 0.6 is 11.3 Å². The Balaban J connectivity index is 2.00. The molecule has 8 heteroatoms. The number of thiazole rings is 1. The molecule has 1 aliphatic heterocycles. The number of rotatable bonds is 3. The van der Waals surface area contributed by atoms with Crippen molar-refractivity contribution in [2.75, 3.05) is 32.6 Å². The zero-order chi connectivity index (χ0) is 13.8. The smallest absolute Gasteiger partial charge is 0.413 e. The van der Waals surface area contributed by atoms with Crippen LogP contribution in [0, 0.1) is 0 Å². The standard InChI is InChI=1S/C11H15N3O4S/c1-17-9(15)6-14-4-3-7-8(5-14)19-10(12-7)13-11(16)18-2/h3-6H2,1-2H3,(H,12,13,16). The highest BCUT2D eigenvalue weighted by Crippen LogP contribution is 2.28. The summed E-state index contributed by atoms with van der Waals surface area (Å²) in [5, 5.41) is 3.08. The average Bonchev–Trinajstić information content (AvgIpc) is 2.79. The number of hydrogen-bond donors (Lipinski definition) is 1. The highest BCUT2D eigenvalue weighted by atomic mass is 32.1. The van der Waals surface area contributed by atoms with Crippen molar-refractivity contribution in [3.63, 3.8) is 0 Å². The highest BCUT2D eigenvalue weighted by Gasteiger charge is 2.22. The van der Waals surface area contributed by atoms with Crippen LogP contribution in [0.2, 0.25) is 0 Å². The maximum Gasteiger partial charge on any atom is 0.413 e. The Hall–Kier alpha value is -1.67. The highest BCUT2D eigenvalue weighted by molar-refractivity contribution is 7.15. The fourth-order valence-electron chi connectivity index (χ4n) is 1.82. The van der Waals surface area contributed by atoms with Crippen molar-refractivity contribution in [2.45, 2.75) is 13.0 Å². The molecule has 1 aromatic heterocycles. The Morgan fingerprint density at radius 3 is 2.89 bits per heavy atom. The van der Waals surface area contributed by atoms with Crippen molar-refractivity contribution in [3.05, 3.63) is 10.6 Å². The summed E-state index contributed by atoms with van der Waals surface area (Å²) in [6, 6.07) is 0. The Morgan fingerprint density at radius 1 is 1.42 bits per heavy atom. The van der Waals surface area contributed by atoms with Crippen molar-refractivity contribution in [1.29, 1.82) is 0 Å². The summed E-state index contributed by atoms with van der Waals surface area (Å²) in [5.74, 6) is -0.249. The van der Waals surface area contributed by atoms with Gasteiger partial charge in [-0.2, -0.15) is 0 Å². The fraction of sp³-hybridized carbons (Fsp3) is 0.545. The molecule has 0 aliphatic carbocycles. The Bertz CT molecular complexity index is 488. The summed E-state index contributed by atoms with van der Waals surface area (Å²) < 4.78 is 9.17. The zero-order valence-corrected chi connectivity index (χ0v) is 11.6. The molecule has 0 radical (unpaired) electrons. The van der Waals surface area contributed by atoms with E-state index in [1.54, 1.807) is 0 Å². The third-order valence-electron chi connectivity index (χ3n) is 2.79. The summed E-state index contributed by atoms with van der Waals surface area (Å²) in [5.41, 5.74) is 0.970. The average molecular weight is 285 g/mol. The lowest BCUT2D eigenvalue weighted by molar-refractivity contribution is -0.142. The second-order valence-electron chi connectivity index (χ2n) is 4.04. The number of carbonyl (C=O) groups excluding carboxylic acids is 2. The molecule has 1 N–H and O–H groups in total. The minimum atomic E-state index is -0.530. The van der Waals surface area contributed by atoms with E-state index < -0.39 is 6.09 Å². The number of aromatic nitrogens is 1. The minimum absolute atomic E-state index is 0.249. The first-order chi connectivity index (χ1) is 9.12. The molecule has 0 saturated heterocycles. The Labute approximate surface area is 114 Å². The Morgan fingerprint density at radius 2 is 2.21 bits per heavy atom. The van der Waals surface area contributed by atoms with Gasteiger partial charge in [0, 0.05) is 24.4 Å². The summed E-state index contributed by atoms with van der Waals surface area (Å²) in [7, 11) is 2.68. The summed E-state index contributed by atoms with van der Waals surface area (Å²) >= 11 is 1.40. The van der Waals surface area contributed by atoms with Crippen molar-refractivity contribution < 1.29 is 19.1 Å². The zero-order valence-electron chi connectivity index (χ0n) is 10.8. The normalized spacial score (nSPS) is 14.6. The van der Waals surface area contributed by atoms with Crippen LogP contribution in [-0.4, -0.2) is 49.3 Å². The second-order valence-corrected chi connectivity index (χ2v) is 5.13. The first-order valence-electron chi connectivity index (χ1n) is 5.75. The van der Waals surface area contributed by atoms with Crippen molar-refractivity contribution in [3.8, 4) is 0 Å². The minimum Gasteiger partial charge on any atom is -0.468 e. The van der Waals surface area contributed by atoms with E-state index in [0.29, 0.717) is 11.7 Å². The third-order valence-corrected chi connectivity index (χ3v) is 3.78. The van der Waals surface area contributed by atoms with E-state index in [1.165, 1.54) is 25.6 Å². The molecular weight excluding hydrogens is 270 g/mol. The second kappa shape index (κ2) is 5.98. The SMILES string of the molecule is COC(=O)CN1CCc2nc(NC(=O)OC)sc2C1.